The SMILES string of the molecule is CN1CCN(c2cc(C(=O)Cc3cc4cc(-c5cn(C)nn5)ccc4cn3)ccn2)CC1.Cn1cc(-c2ccc3cnc(CC(=O)c4cc[n+]([O-])c(N5CC[N+](C)([O-])CC5)c4)cc3c2)nn1.Cn1cc(-c2ccc3cnc(CC(=O)c4ccnc(N5CC[N+](C)([O-])CC5)c4)cc3c2)nn1. The van der Waals surface area contributed by atoms with Crippen LogP contribution in [-0.2, 0) is 40.4 Å². The number of pyridine rings is 6. The van der Waals surface area contributed by atoms with Gasteiger partial charge in [-0.2, -0.15) is 0 Å². The number of nitrogens with zero attached hydrogens (tertiary/aromatic N) is 21. The Bertz CT molecular complexity index is 4940. The van der Waals surface area contributed by atoms with Crippen molar-refractivity contribution in [2.75, 3.05) is 114 Å². The van der Waals surface area contributed by atoms with Crippen LogP contribution in [-0.4, -0.2) is 201 Å². The van der Waals surface area contributed by atoms with Crippen molar-refractivity contribution in [3.8, 4) is 33.8 Å². The number of hydrogen-bond acceptors (Lipinski definition) is 21. The van der Waals surface area contributed by atoms with Crippen LogP contribution < -0.4 is 19.4 Å². The minimum atomic E-state index is -0.319. The average molecular weight is 1330 g/mol. The molecule has 0 bridgehead atoms. The van der Waals surface area contributed by atoms with Gasteiger partial charge in [0.25, 0.3) is 5.82 Å². The van der Waals surface area contributed by atoms with Gasteiger partial charge in [0.2, 0.25) is 0 Å². The van der Waals surface area contributed by atoms with Gasteiger partial charge in [-0.25, -0.2) is 19.6 Å². The number of quaternary nitrogens is 2. The Hall–Kier alpha value is -11.2. The zero-order valence-electron chi connectivity index (χ0n) is 56.0. The number of benzene rings is 3. The van der Waals surface area contributed by atoms with Crippen LogP contribution in [0.5, 0.6) is 0 Å². The van der Waals surface area contributed by atoms with Crippen molar-refractivity contribution in [1.29, 1.82) is 0 Å². The Morgan fingerprint density at radius 2 is 0.788 bits per heavy atom. The number of piperazine rings is 3. The molecule has 0 amide bonds. The first-order valence-electron chi connectivity index (χ1n) is 32.7. The minimum Gasteiger partial charge on any atom is -0.711 e. The van der Waals surface area contributed by atoms with E-state index in [1.54, 1.807) is 71.1 Å². The molecule has 0 N–H and O–H groups in total. The highest BCUT2D eigenvalue weighted by Crippen LogP contribution is 2.28. The molecule has 0 unspecified atom stereocenters. The van der Waals surface area contributed by atoms with Gasteiger partial charge in [-0.05, 0) is 89.9 Å². The molecule has 0 saturated carbocycles. The first-order chi connectivity index (χ1) is 47.7. The number of hydrogen-bond donors (Lipinski definition) is 0. The summed E-state index contributed by atoms with van der Waals surface area (Å²) in [4.78, 5) is 69.9. The molecule has 9 aromatic heterocycles. The molecule has 0 spiro atoms. The van der Waals surface area contributed by atoms with E-state index in [-0.39, 0.29) is 45.9 Å². The maximum absolute atomic E-state index is 13.0. The summed E-state index contributed by atoms with van der Waals surface area (Å²) in [6.07, 6.45) is 16.3. The molecule has 3 fully saturated rings. The van der Waals surface area contributed by atoms with Gasteiger partial charge >= 0.3 is 0 Å². The van der Waals surface area contributed by atoms with Crippen LogP contribution in [0.1, 0.15) is 48.2 Å². The van der Waals surface area contributed by atoms with Gasteiger partial charge in [-0.1, -0.05) is 52.0 Å². The number of carbonyl (C=O) groups excluding carboxylic acids is 3. The van der Waals surface area contributed by atoms with Crippen molar-refractivity contribution in [2.24, 2.45) is 21.1 Å². The van der Waals surface area contributed by atoms with Gasteiger partial charge in [-0.3, -0.25) is 43.4 Å². The van der Waals surface area contributed by atoms with E-state index in [2.05, 4.69) is 83.7 Å². The molecule has 504 valence electrons. The molecule has 0 radical (unpaired) electrons. The number of aryl methyl sites for hydroxylation is 3. The molecule has 3 aliphatic heterocycles. The van der Waals surface area contributed by atoms with Gasteiger partial charge in [0, 0.05) is 151 Å². The molecule has 3 aromatic carbocycles. The van der Waals surface area contributed by atoms with Crippen molar-refractivity contribution in [3.05, 3.63) is 214 Å². The van der Waals surface area contributed by atoms with Gasteiger partial charge in [0.15, 0.2) is 17.3 Å². The van der Waals surface area contributed by atoms with Gasteiger partial charge in [0.1, 0.15) is 54.9 Å². The lowest BCUT2D eigenvalue weighted by Gasteiger charge is -2.45. The molecule has 3 saturated heterocycles. The predicted molar refractivity (Wildman–Crippen MR) is 376 cm³/mol. The Morgan fingerprint density at radius 1 is 0.424 bits per heavy atom. The van der Waals surface area contributed by atoms with Crippen molar-refractivity contribution in [3.63, 3.8) is 0 Å². The Labute approximate surface area is 570 Å². The van der Waals surface area contributed by atoms with Gasteiger partial charge < -0.3 is 39.6 Å². The smallest absolute Gasteiger partial charge is 0.280 e. The zero-order valence-corrected chi connectivity index (χ0v) is 56.0. The fourth-order valence-corrected chi connectivity index (χ4v) is 12.2. The predicted octanol–water partition coefficient (Wildman–Crippen LogP) is 7.07. The summed E-state index contributed by atoms with van der Waals surface area (Å²) in [7, 11) is 10.9. The molecule has 12 aromatic rings. The summed E-state index contributed by atoms with van der Waals surface area (Å²) in [5.74, 6) is 1.90. The van der Waals surface area contributed by atoms with E-state index < -0.39 is 0 Å². The average Bonchev–Trinajstić information content (AvgIpc) is 1.78. The van der Waals surface area contributed by atoms with E-state index in [1.807, 2.05) is 130 Å². The van der Waals surface area contributed by atoms with Crippen molar-refractivity contribution in [2.45, 2.75) is 19.3 Å². The summed E-state index contributed by atoms with van der Waals surface area (Å²) in [6, 6.07) is 34.3. The van der Waals surface area contributed by atoms with E-state index in [0.29, 0.717) is 86.3 Å². The van der Waals surface area contributed by atoms with Gasteiger partial charge in [-0.15, -0.1) is 15.3 Å². The van der Waals surface area contributed by atoms with E-state index >= 15 is 0 Å². The molecular formula is C72H75N21O6. The summed E-state index contributed by atoms with van der Waals surface area (Å²) in [5.41, 5.74) is 9.09. The normalized spacial score (nSPS) is 15.3. The minimum absolute atomic E-state index is 0.0166. The molecule has 0 aliphatic carbocycles. The highest BCUT2D eigenvalue weighted by atomic mass is 16.5. The van der Waals surface area contributed by atoms with Crippen LogP contribution in [0.15, 0.2) is 165 Å². The number of hydroxylamine groups is 6. The van der Waals surface area contributed by atoms with Crippen molar-refractivity contribution >= 4 is 67.1 Å². The number of Topliss-reactive ketones (excluding diaryl/α,β-unsaturated/α-hetero) is 3. The summed E-state index contributed by atoms with van der Waals surface area (Å²) in [5, 5.41) is 67.1. The first kappa shape index (κ1) is 66.4. The number of likely N-dealkylation sites (N-methyl/N-ethyl adjacent to an activating group) is 3. The van der Waals surface area contributed by atoms with Crippen LogP contribution in [0.25, 0.3) is 66.1 Å². The van der Waals surface area contributed by atoms with Crippen LogP contribution >= 0.6 is 0 Å². The molecule has 99 heavy (non-hydrogen) atoms. The molecule has 27 heteroatoms. The van der Waals surface area contributed by atoms with Crippen molar-refractivity contribution < 1.29 is 28.4 Å². The molecule has 0 atom stereocenters. The second kappa shape index (κ2) is 28.5. The van der Waals surface area contributed by atoms with Crippen LogP contribution in [0.2, 0.25) is 0 Å². The number of fused-ring (bicyclic) bond motifs is 3. The van der Waals surface area contributed by atoms with Gasteiger partial charge in [0.05, 0.1) is 84.3 Å². The summed E-state index contributed by atoms with van der Waals surface area (Å²) in [6.45, 7) is 7.86. The molecule has 3 aliphatic rings. The van der Waals surface area contributed by atoms with Crippen LogP contribution in [0.3, 0.4) is 0 Å². The highest BCUT2D eigenvalue weighted by molar-refractivity contribution is 6.00. The maximum atomic E-state index is 13.0. The summed E-state index contributed by atoms with van der Waals surface area (Å²) >= 11 is 0. The third-order valence-electron chi connectivity index (χ3n) is 18.3. The number of carbonyl (C=O) groups is 3. The molecule has 12 heterocycles. The molecular weight excluding hydrogens is 1250 g/mol. The van der Waals surface area contributed by atoms with E-state index in [4.69, 9.17) is 0 Å². The third kappa shape index (κ3) is 16.1. The summed E-state index contributed by atoms with van der Waals surface area (Å²) < 4.78 is 5.20. The lowest BCUT2D eigenvalue weighted by atomic mass is 10.0. The Morgan fingerprint density at radius 3 is 1.16 bits per heavy atom. The zero-order chi connectivity index (χ0) is 69.0. The number of aromatic nitrogens is 15. The lowest BCUT2D eigenvalue weighted by Crippen LogP contribution is -2.55. The van der Waals surface area contributed by atoms with E-state index in [0.717, 1.165) is 114 Å². The topological polar surface area (TPSA) is 294 Å². The second-order valence-corrected chi connectivity index (χ2v) is 26.0. The lowest BCUT2D eigenvalue weighted by molar-refractivity contribution is -0.861. The number of ketones is 3. The number of anilines is 3. The largest absolute Gasteiger partial charge is 0.711 e. The van der Waals surface area contributed by atoms with E-state index in [1.165, 1.54) is 12.3 Å². The highest BCUT2D eigenvalue weighted by Gasteiger charge is 2.30. The fourth-order valence-electron chi connectivity index (χ4n) is 12.2. The first-order valence-corrected chi connectivity index (χ1v) is 32.7. The van der Waals surface area contributed by atoms with Crippen LogP contribution in [0, 0.1) is 15.6 Å². The maximum Gasteiger partial charge on any atom is 0.280 e. The monoisotopic (exact) mass is 1330 g/mol. The second-order valence-electron chi connectivity index (χ2n) is 26.0. The fraction of sp³-hybridized carbons (Fsp3) is 0.292. The van der Waals surface area contributed by atoms with E-state index in [9.17, 15) is 30.0 Å². The van der Waals surface area contributed by atoms with Crippen LogP contribution in [0.4, 0.5) is 17.5 Å². The Balaban J connectivity index is 0.000000133. The number of rotatable bonds is 15. The standard InChI is InChI=1S/C24H25N7O3.C24H25N7O2.C24H25N7O/c1-28-16-22(26-27-28)17-3-4-19-15-25-21(12-20(19)11-17)14-23(32)18-5-6-30(33)24(13-18)29-7-9-31(2,34)10-8-29;1-29-16-22(27-28-29)17-3-4-19-15-26-21(12-20(19)11-17)14-23(32)18-5-6-25-24(13-18)30-7-9-31(2,33)10-8-30;1-29-7-9-31(10-8-29)24-13-18(5-6-25-24)23(32)14-21-12-20-11-17(3-4-19(20)15-26-21)22-16-30(2)28-27-22/h3-6,11-13,15-16H,7-10,14H2,1-2H3;3-6,11-13,15-16H,7-10,14H2,1-2H3;3-6,11-13,15-16H,7-10,14H2,1-2H3. The third-order valence-corrected chi connectivity index (χ3v) is 18.3. The molecule has 27 nitrogen and oxygen atoms in total. The Kier molecular flexibility index (Phi) is 19.1. The quantitative estimate of drug-likeness (QED) is 0.0429. The molecule has 15 rings (SSSR count). The van der Waals surface area contributed by atoms with Crippen molar-refractivity contribution in [1.82, 2.24) is 74.8 Å².